The van der Waals surface area contributed by atoms with Crippen molar-refractivity contribution in [2.24, 2.45) is 0 Å². The van der Waals surface area contributed by atoms with Crippen LogP contribution in [-0.2, 0) is 21.4 Å². The Balaban J connectivity index is 1.79. The minimum atomic E-state index is -3.80. The lowest BCUT2D eigenvalue weighted by molar-refractivity contribution is -0.0258. The van der Waals surface area contributed by atoms with Gasteiger partial charge in [-0.3, -0.25) is 9.63 Å². The van der Waals surface area contributed by atoms with E-state index in [4.69, 9.17) is 20.9 Å². The maximum absolute atomic E-state index is 13.1. The molecule has 2 aromatic carbocycles. The van der Waals surface area contributed by atoms with Crippen molar-refractivity contribution in [2.45, 2.75) is 24.8 Å². The molecule has 0 unspecified atom stereocenters. The van der Waals surface area contributed by atoms with E-state index in [1.807, 2.05) is 13.0 Å². The van der Waals surface area contributed by atoms with Gasteiger partial charge < -0.3 is 9.32 Å². The lowest BCUT2D eigenvalue weighted by Gasteiger charge is -2.20. The second kappa shape index (κ2) is 10.2. The fraction of sp³-hybridized carbons (Fsp3) is 0.286. The summed E-state index contributed by atoms with van der Waals surface area (Å²) in [5.74, 6) is 0.252. The summed E-state index contributed by atoms with van der Waals surface area (Å²) in [7, 11) is -1.25. The maximum atomic E-state index is 13.1. The largest absolute Gasteiger partial charge is 0.419 e. The van der Waals surface area contributed by atoms with Gasteiger partial charge in [-0.05, 0) is 42.8 Å². The van der Waals surface area contributed by atoms with E-state index < -0.39 is 10.0 Å². The number of halogens is 1. The number of nitrogens with zero attached hydrogens (tertiary/aromatic N) is 4. The molecular formula is C21H23ClN4O5S. The summed E-state index contributed by atoms with van der Waals surface area (Å²) in [6.45, 7) is 2.51. The zero-order valence-electron chi connectivity index (χ0n) is 17.9. The topological polar surface area (TPSA) is 106 Å². The van der Waals surface area contributed by atoms with E-state index in [1.54, 1.807) is 23.1 Å². The van der Waals surface area contributed by atoms with E-state index >= 15 is 0 Å². The number of carbonyl (C=O) groups is 1. The van der Waals surface area contributed by atoms with Gasteiger partial charge in [0.05, 0.1) is 29.1 Å². The molecule has 0 saturated heterocycles. The molecule has 0 radical (unpaired) electrons. The molecule has 9 nitrogen and oxygen atoms in total. The van der Waals surface area contributed by atoms with Gasteiger partial charge in [-0.15, -0.1) is 10.2 Å². The van der Waals surface area contributed by atoms with Crippen LogP contribution in [-0.4, -0.2) is 54.6 Å². The van der Waals surface area contributed by atoms with Gasteiger partial charge in [0.1, 0.15) is 0 Å². The summed E-state index contributed by atoms with van der Waals surface area (Å²) < 4.78 is 31.1. The summed E-state index contributed by atoms with van der Waals surface area (Å²) in [5, 5.41) is 8.56. The third kappa shape index (κ3) is 5.16. The SMILES string of the molecule is CCCN(Cc1nnc(-c2ccccc2Cl)o1)C(=O)c1ccc(S(=O)(=O)N(C)OC)cc1. The van der Waals surface area contributed by atoms with Gasteiger partial charge in [-0.2, -0.15) is 0 Å². The Morgan fingerprint density at radius 3 is 2.44 bits per heavy atom. The number of aromatic nitrogens is 2. The van der Waals surface area contributed by atoms with Crippen LogP contribution in [0.25, 0.3) is 11.5 Å². The highest BCUT2D eigenvalue weighted by Gasteiger charge is 2.23. The van der Waals surface area contributed by atoms with Crippen LogP contribution in [0.2, 0.25) is 5.02 Å². The van der Waals surface area contributed by atoms with Gasteiger partial charge in [-0.1, -0.05) is 35.1 Å². The first-order valence-corrected chi connectivity index (χ1v) is 11.6. The lowest BCUT2D eigenvalue weighted by Crippen LogP contribution is -2.31. The Morgan fingerprint density at radius 1 is 1.12 bits per heavy atom. The zero-order chi connectivity index (χ0) is 23.3. The summed E-state index contributed by atoms with van der Waals surface area (Å²) >= 11 is 6.18. The summed E-state index contributed by atoms with van der Waals surface area (Å²) in [4.78, 5) is 19.4. The van der Waals surface area contributed by atoms with Gasteiger partial charge in [-0.25, -0.2) is 8.42 Å². The van der Waals surface area contributed by atoms with Gasteiger partial charge in [0, 0.05) is 19.2 Å². The monoisotopic (exact) mass is 478 g/mol. The third-order valence-corrected chi connectivity index (χ3v) is 6.70. The number of amides is 1. The van der Waals surface area contributed by atoms with Crippen LogP contribution in [0.4, 0.5) is 0 Å². The highest BCUT2D eigenvalue weighted by molar-refractivity contribution is 7.89. The summed E-state index contributed by atoms with van der Waals surface area (Å²) in [6, 6.07) is 12.8. The van der Waals surface area contributed by atoms with Crippen LogP contribution in [0.1, 0.15) is 29.6 Å². The molecule has 3 aromatic rings. The van der Waals surface area contributed by atoms with E-state index in [2.05, 4.69) is 10.2 Å². The molecule has 1 heterocycles. The molecule has 32 heavy (non-hydrogen) atoms. The van der Waals surface area contributed by atoms with Crippen LogP contribution in [0.5, 0.6) is 0 Å². The van der Waals surface area contributed by atoms with Crippen LogP contribution in [0.3, 0.4) is 0 Å². The number of sulfonamides is 1. The number of hydroxylamine groups is 1. The van der Waals surface area contributed by atoms with Crippen molar-refractivity contribution in [3.8, 4) is 11.5 Å². The first kappa shape index (κ1) is 23.9. The number of rotatable bonds is 9. The second-order valence-corrected chi connectivity index (χ2v) is 9.17. The molecule has 0 spiro atoms. The molecule has 0 atom stereocenters. The minimum absolute atomic E-state index is 0.0155. The van der Waals surface area contributed by atoms with E-state index in [0.29, 0.717) is 29.1 Å². The molecule has 3 rings (SSSR count). The van der Waals surface area contributed by atoms with Crippen LogP contribution in [0.15, 0.2) is 57.8 Å². The highest BCUT2D eigenvalue weighted by atomic mass is 35.5. The molecule has 0 aliphatic heterocycles. The zero-order valence-corrected chi connectivity index (χ0v) is 19.4. The van der Waals surface area contributed by atoms with Crippen molar-refractivity contribution in [3.05, 3.63) is 65.0 Å². The Labute approximate surface area is 191 Å². The fourth-order valence-corrected chi connectivity index (χ4v) is 4.13. The average molecular weight is 479 g/mol. The highest BCUT2D eigenvalue weighted by Crippen LogP contribution is 2.26. The number of carbonyl (C=O) groups excluding carboxylic acids is 1. The Hall–Kier alpha value is -2.79. The van der Waals surface area contributed by atoms with Gasteiger partial charge >= 0.3 is 0 Å². The standard InChI is InChI=1S/C21H23ClN4O5S/c1-4-13-26(14-19-23-24-20(31-19)17-7-5-6-8-18(17)22)21(27)15-9-11-16(12-10-15)32(28,29)25(2)30-3/h5-12H,4,13-14H2,1-3H3. The van der Waals surface area contributed by atoms with Crippen LogP contribution < -0.4 is 0 Å². The quantitative estimate of drug-likeness (QED) is 0.432. The molecule has 11 heteroatoms. The predicted molar refractivity (Wildman–Crippen MR) is 118 cm³/mol. The van der Waals surface area contributed by atoms with Crippen molar-refractivity contribution < 1.29 is 22.5 Å². The van der Waals surface area contributed by atoms with Gasteiger partial charge in [0.15, 0.2) is 0 Å². The number of benzene rings is 2. The van der Waals surface area contributed by atoms with Gasteiger partial charge in [0.2, 0.25) is 11.8 Å². The fourth-order valence-electron chi connectivity index (χ4n) is 2.95. The molecule has 170 valence electrons. The first-order chi connectivity index (χ1) is 15.3. The molecule has 0 aliphatic rings. The number of hydrogen-bond acceptors (Lipinski definition) is 7. The predicted octanol–water partition coefficient (Wildman–Crippen LogP) is 3.62. The molecule has 0 bridgehead atoms. The molecular weight excluding hydrogens is 456 g/mol. The van der Waals surface area contributed by atoms with Crippen LogP contribution in [0, 0.1) is 0 Å². The van der Waals surface area contributed by atoms with Gasteiger partial charge in [0.25, 0.3) is 15.9 Å². The van der Waals surface area contributed by atoms with E-state index in [0.717, 1.165) is 4.47 Å². The van der Waals surface area contributed by atoms with Crippen molar-refractivity contribution in [1.82, 2.24) is 19.6 Å². The summed E-state index contributed by atoms with van der Waals surface area (Å²) in [6.07, 6.45) is 0.711. The maximum Gasteiger partial charge on any atom is 0.264 e. The number of hydrogen-bond donors (Lipinski definition) is 0. The minimum Gasteiger partial charge on any atom is -0.419 e. The Bertz CT molecular complexity index is 1180. The molecule has 0 aliphatic carbocycles. The van der Waals surface area contributed by atoms with Crippen molar-refractivity contribution >= 4 is 27.5 Å². The molecule has 1 amide bonds. The van der Waals surface area contributed by atoms with Crippen molar-refractivity contribution in [1.29, 1.82) is 0 Å². The van der Waals surface area contributed by atoms with Crippen molar-refractivity contribution in [3.63, 3.8) is 0 Å². The van der Waals surface area contributed by atoms with Crippen LogP contribution >= 0.6 is 11.6 Å². The smallest absolute Gasteiger partial charge is 0.264 e. The summed E-state index contributed by atoms with van der Waals surface area (Å²) in [5.41, 5.74) is 0.947. The molecule has 0 N–H and O–H groups in total. The van der Waals surface area contributed by atoms with Crippen molar-refractivity contribution in [2.75, 3.05) is 20.7 Å². The molecule has 0 fully saturated rings. The van der Waals surface area contributed by atoms with E-state index in [-0.39, 0.29) is 29.1 Å². The lowest BCUT2D eigenvalue weighted by atomic mass is 10.2. The Morgan fingerprint density at radius 2 is 1.81 bits per heavy atom. The van der Waals surface area contributed by atoms with E-state index in [1.165, 1.54) is 38.4 Å². The first-order valence-electron chi connectivity index (χ1n) is 9.77. The Kier molecular flexibility index (Phi) is 7.62. The third-order valence-electron chi connectivity index (χ3n) is 4.67. The second-order valence-electron chi connectivity index (χ2n) is 6.83. The normalized spacial score (nSPS) is 11.7. The van der Waals surface area contributed by atoms with E-state index in [9.17, 15) is 13.2 Å². The average Bonchev–Trinajstić information content (AvgIpc) is 3.26. The molecule has 0 saturated carbocycles. The molecule has 1 aromatic heterocycles.